The lowest BCUT2D eigenvalue weighted by Gasteiger charge is -2.38. The van der Waals surface area contributed by atoms with Crippen LogP contribution in [0.2, 0.25) is 5.02 Å². The van der Waals surface area contributed by atoms with Gasteiger partial charge < -0.3 is 19.9 Å². The quantitative estimate of drug-likeness (QED) is 0.861. The van der Waals surface area contributed by atoms with E-state index < -0.39 is 12.1 Å². The molecule has 124 valence electrons. The molecule has 3 rings (SSSR count). The average molecular weight is 338 g/mol. The Morgan fingerprint density at radius 1 is 1.26 bits per heavy atom. The first-order valence-electron chi connectivity index (χ1n) is 7.69. The van der Waals surface area contributed by atoms with Gasteiger partial charge >= 0.3 is 0 Å². The molecule has 0 unspecified atom stereocenters. The van der Waals surface area contributed by atoms with Crippen LogP contribution >= 0.6 is 11.6 Å². The normalized spacial score (nSPS) is 26.0. The van der Waals surface area contributed by atoms with Crippen LogP contribution < -0.4 is 5.32 Å². The summed E-state index contributed by atoms with van der Waals surface area (Å²) < 4.78 is 5.58. The molecular formula is C16H20ClN3O3. The van der Waals surface area contributed by atoms with E-state index in [2.05, 4.69) is 10.2 Å². The zero-order valence-corrected chi connectivity index (χ0v) is 13.8. The number of amides is 2. The molecule has 2 saturated heterocycles. The van der Waals surface area contributed by atoms with Crippen LogP contribution in [0.1, 0.15) is 11.6 Å². The van der Waals surface area contributed by atoms with E-state index >= 15 is 0 Å². The molecular weight excluding hydrogens is 318 g/mol. The maximum Gasteiger partial charge on any atom is 0.254 e. The zero-order valence-electron chi connectivity index (χ0n) is 13.0. The van der Waals surface area contributed by atoms with Crippen LogP contribution in [0.15, 0.2) is 24.3 Å². The Bertz CT molecular complexity index is 602. The van der Waals surface area contributed by atoms with Crippen LogP contribution in [-0.2, 0) is 14.3 Å². The van der Waals surface area contributed by atoms with Crippen molar-refractivity contribution in [2.75, 3.05) is 39.8 Å². The van der Waals surface area contributed by atoms with Gasteiger partial charge in [0.2, 0.25) is 5.91 Å². The fraction of sp³-hybridized carbons (Fsp3) is 0.500. The number of benzene rings is 1. The molecule has 0 saturated carbocycles. The van der Waals surface area contributed by atoms with Gasteiger partial charge in [0.1, 0.15) is 6.61 Å². The fourth-order valence-electron chi connectivity index (χ4n) is 2.94. The SMILES string of the molecule is CN1CCN(C(=O)[C@H]2OCC(=O)N[C@@H]2c2ccccc2Cl)CC1. The van der Waals surface area contributed by atoms with E-state index in [9.17, 15) is 9.59 Å². The second-order valence-electron chi connectivity index (χ2n) is 5.93. The summed E-state index contributed by atoms with van der Waals surface area (Å²) >= 11 is 6.24. The van der Waals surface area contributed by atoms with Gasteiger partial charge in [0.25, 0.3) is 5.91 Å². The van der Waals surface area contributed by atoms with Gasteiger partial charge in [-0.25, -0.2) is 0 Å². The fourth-order valence-corrected chi connectivity index (χ4v) is 3.19. The van der Waals surface area contributed by atoms with Crippen molar-refractivity contribution in [2.24, 2.45) is 0 Å². The lowest BCUT2D eigenvalue weighted by molar-refractivity contribution is -0.156. The van der Waals surface area contributed by atoms with Crippen molar-refractivity contribution < 1.29 is 14.3 Å². The smallest absolute Gasteiger partial charge is 0.254 e. The highest BCUT2D eigenvalue weighted by atomic mass is 35.5. The predicted molar refractivity (Wildman–Crippen MR) is 86.2 cm³/mol. The van der Waals surface area contributed by atoms with E-state index in [1.165, 1.54) is 0 Å². The summed E-state index contributed by atoms with van der Waals surface area (Å²) in [5, 5.41) is 3.36. The van der Waals surface area contributed by atoms with E-state index in [1.807, 2.05) is 25.2 Å². The van der Waals surface area contributed by atoms with Crippen LogP contribution in [0.5, 0.6) is 0 Å². The van der Waals surface area contributed by atoms with Gasteiger partial charge in [0, 0.05) is 31.2 Å². The monoisotopic (exact) mass is 337 g/mol. The Morgan fingerprint density at radius 2 is 1.96 bits per heavy atom. The molecule has 2 fully saturated rings. The minimum atomic E-state index is -0.740. The van der Waals surface area contributed by atoms with Gasteiger partial charge in [-0.3, -0.25) is 9.59 Å². The van der Waals surface area contributed by atoms with Crippen LogP contribution in [0.4, 0.5) is 0 Å². The minimum absolute atomic E-state index is 0.0944. The number of ether oxygens (including phenoxy) is 1. The maximum atomic E-state index is 12.8. The lowest BCUT2D eigenvalue weighted by atomic mass is 9.98. The summed E-state index contributed by atoms with van der Waals surface area (Å²) in [6, 6.07) is 6.65. The number of halogens is 1. The van der Waals surface area contributed by atoms with E-state index in [0.29, 0.717) is 23.7 Å². The third-order valence-electron chi connectivity index (χ3n) is 4.31. The molecule has 2 aliphatic rings. The molecule has 2 heterocycles. The molecule has 6 nitrogen and oxygen atoms in total. The van der Waals surface area contributed by atoms with E-state index in [4.69, 9.17) is 16.3 Å². The van der Waals surface area contributed by atoms with Gasteiger partial charge in [-0.2, -0.15) is 0 Å². The molecule has 23 heavy (non-hydrogen) atoms. The zero-order chi connectivity index (χ0) is 16.4. The van der Waals surface area contributed by atoms with Crippen molar-refractivity contribution in [1.29, 1.82) is 0 Å². The van der Waals surface area contributed by atoms with Crippen LogP contribution in [0, 0.1) is 0 Å². The summed E-state index contributed by atoms with van der Waals surface area (Å²) in [5.74, 6) is -0.333. The van der Waals surface area contributed by atoms with Crippen LogP contribution in [0.3, 0.4) is 0 Å². The topological polar surface area (TPSA) is 61.9 Å². The number of rotatable bonds is 2. The molecule has 1 aromatic carbocycles. The molecule has 1 N–H and O–H groups in total. The average Bonchev–Trinajstić information content (AvgIpc) is 2.55. The van der Waals surface area contributed by atoms with Crippen LogP contribution in [0.25, 0.3) is 0 Å². The largest absolute Gasteiger partial charge is 0.356 e. The molecule has 1 aromatic rings. The summed E-state index contributed by atoms with van der Waals surface area (Å²) in [6.07, 6.45) is -0.740. The summed E-state index contributed by atoms with van der Waals surface area (Å²) in [7, 11) is 2.03. The highest BCUT2D eigenvalue weighted by Gasteiger charge is 2.39. The Labute approximate surface area is 140 Å². The molecule has 2 atom stereocenters. The Kier molecular flexibility index (Phi) is 4.84. The van der Waals surface area contributed by atoms with Crippen molar-refractivity contribution in [3.63, 3.8) is 0 Å². The lowest BCUT2D eigenvalue weighted by Crippen LogP contribution is -2.56. The maximum absolute atomic E-state index is 12.8. The van der Waals surface area contributed by atoms with Crippen molar-refractivity contribution >= 4 is 23.4 Å². The molecule has 2 aliphatic heterocycles. The second kappa shape index (κ2) is 6.86. The number of morpholine rings is 1. The molecule has 0 aromatic heterocycles. The van der Waals surface area contributed by atoms with Crippen molar-refractivity contribution in [2.45, 2.75) is 12.1 Å². The summed E-state index contributed by atoms with van der Waals surface area (Å²) in [4.78, 5) is 28.6. The predicted octanol–water partition coefficient (Wildman–Crippen LogP) is 0.670. The minimum Gasteiger partial charge on any atom is -0.356 e. The number of nitrogens with one attached hydrogen (secondary N) is 1. The van der Waals surface area contributed by atoms with Crippen LogP contribution in [-0.4, -0.2) is 67.6 Å². The number of hydrogen-bond donors (Lipinski definition) is 1. The summed E-state index contributed by atoms with van der Waals surface area (Å²) in [6.45, 7) is 2.89. The molecule has 2 amide bonds. The highest BCUT2D eigenvalue weighted by Crippen LogP contribution is 2.29. The third-order valence-corrected chi connectivity index (χ3v) is 4.66. The van der Waals surface area contributed by atoms with E-state index in [1.54, 1.807) is 11.0 Å². The number of likely N-dealkylation sites (N-methyl/N-ethyl adjacent to an activating group) is 1. The molecule has 7 heteroatoms. The Morgan fingerprint density at radius 3 is 2.65 bits per heavy atom. The van der Waals surface area contributed by atoms with Gasteiger partial charge in [-0.1, -0.05) is 29.8 Å². The molecule has 0 aliphatic carbocycles. The summed E-state index contributed by atoms with van der Waals surface area (Å²) in [5.41, 5.74) is 0.703. The Hall–Kier alpha value is -1.63. The first-order chi connectivity index (χ1) is 11.1. The number of piperazine rings is 1. The number of nitrogens with zero attached hydrogens (tertiary/aromatic N) is 2. The second-order valence-corrected chi connectivity index (χ2v) is 6.33. The van der Waals surface area contributed by atoms with E-state index in [-0.39, 0.29) is 18.4 Å². The molecule has 0 spiro atoms. The number of carbonyl (C=O) groups excluding carboxylic acids is 2. The van der Waals surface area contributed by atoms with Crippen molar-refractivity contribution in [3.8, 4) is 0 Å². The first kappa shape index (κ1) is 16.2. The van der Waals surface area contributed by atoms with E-state index in [0.717, 1.165) is 13.1 Å². The standard InChI is InChI=1S/C16H20ClN3O3/c1-19-6-8-20(9-7-19)16(22)15-14(18-13(21)10-23-15)11-4-2-3-5-12(11)17/h2-5,14-15H,6-10H2,1H3,(H,18,21)/t14-,15+/m1/s1. The third kappa shape index (κ3) is 3.49. The Balaban J connectivity index is 1.82. The van der Waals surface area contributed by atoms with Crippen molar-refractivity contribution in [1.82, 2.24) is 15.1 Å². The highest BCUT2D eigenvalue weighted by molar-refractivity contribution is 6.31. The van der Waals surface area contributed by atoms with Crippen molar-refractivity contribution in [3.05, 3.63) is 34.9 Å². The number of carbonyl (C=O) groups is 2. The van der Waals surface area contributed by atoms with Gasteiger partial charge in [0.05, 0.1) is 6.04 Å². The first-order valence-corrected chi connectivity index (χ1v) is 8.07. The van der Waals surface area contributed by atoms with Gasteiger partial charge in [0.15, 0.2) is 6.10 Å². The van der Waals surface area contributed by atoms with Gasteiger partial charge in [-0.05, 0) is 18.7 Å². The number of hydrogen-bond acceptors (Lipinski definition) is 4. The molecule has 0 bridgehead atoms. The van der Waals surface area contributed by atoms with Gasteiger partial charge in [-0.15, -0.1) is 0 Å². The molecule has 0 radical (unpaired) electrons.